The molecule has 2 aromatic heterocycles. The van der Waals surface area contributed by atoms with E-state index in [0.717, 1.165) is 22.4 Å². The van der Waals surface area contributed by atoms with Crippen LogP contribution in [0.15, 0.2) is 97.8 Å². The van der Waals surface area contributed by atoms with Gasteiger partial charge in [-0.15, -0.1) is 14.8 Å². The minimum atomic E-state index is -0.276. The fourth-order valence-corrected chi connectivity index (χ4v) is 3.61. The van der Waals surface area contributed by atoms with Crippen LogP contribution in [0.5, 0.6) is 11.5 Å². The molecule has 5 rings (SSSR count). The van der Waals surface area contributed by atoms with Gasteiger partial charge in [0.15, 0.2) is 5.82 Å². The number of hydrogen-bond acceptors (Lipinski definition) is 6. The summed E-state index contributed by atoms with van der Waals surface area (Å²) in [6.45, 7) is 3.47. The molecule has 0 radical (unpaired) electrons. The third-order valence-corrected chi connectivity index (χ3v) is 5.20. The Hall–Kier alpha value is -4.98. The van der Waals surface area contributed by atoms with Crippen LogP contribution in [0, 0.1) is 0 Å². The number of fused-ring (bicyclic) bond motifs is 1. The summed E-state index contributed by atoms with van der Waals surface area (Å²) >= 11 is 0. The number of rotatable bonds is 6. The van der Waals surface area contributed by atoms with E-state index < -0.39 is 0 Å². The van der Waals surface area contributed by atoms with Gasteiger partial charge >= 0.3 is 0 Å². The van der Waals surface area contributed by atoms with Crippen LogP contribution in [0.1, 0.15) is 0 Å². The van der Waals surface area contributed by atoms with Gasteiger partial charge < -0.3 is 15.8 Å². The number of benzene rings is 3. The zero-order valence-corrected chi connectivity index (χ0v) is 18.1. The van der Waals surface area contributed by atoms with Crippen molar-refractivity contribution in [2.45, 2.75) is 0 Å². The van der Waals surface area contributed by atoms with Crippen LogP contribution in [0.25, 0.3) is 27.9 Å². The molecule has 8 nitrogen and oxygen atoms in total. The Morgan fingerprint density at radius 2 is 1.62 bits per heavy atom. The normalized spacial score (nSPS) is 10.7. The molecule has 0 saturated carbocycles. The molecule has 0 spiro atoms. The fourth-order valence-electron chi connectivity index (χ4n) is 3.61. The van der Waals surface area contributed by atoms with Crippen LogP contribution < -0.4 is 15.8 Å². The van der Waals surface area contributed by atoms with E-state index in [0.29, 0.717) is 28.5 Å². The van der Waals surface area contributed by atoms with Crippen molar-refractivity contribution >= 4 is 22.9 Å². The van der Waals surface area contributed by atoms with Crippen molar-refractivity contribution in [1.29, 1.82) is 0 Å². The Bertz CT molecular complexity index is 1480. The first kappa shape index (κ1) is 20.9. The predicted octanol–water partition coefficient (Wildman–Crippen LogP) is 4.96. The van der Waals surface area contributed by atoms with E-state index in [1.54, 1.807) is 12.1 Å². The van der Waals surface area contributed by atoms with Crippen molar-refractivity contribution in [3.8, 4) is 33.9 Å². The summed E-state index contributed by atoms with van der Waals surface area (Å²) < 4.78 is 7.40. The van der Waals surface area contributed by atoms with E-state index in [9.17, 15) is 4.79 Å². The van der Waals surface area contributed by atoms with Crippen LogP contribution in [0.3, 0.4) is 0 Å². The molecule has 2 heterocycles. The van der Waals surface area contributed by atoms with Gasteiger partial charge in [-0.25, -0.2) is 4.98 Å². The maximum Gasteiger partial charge on any atom is 0.247 e. The smallest absolute Gasteiger partial charge is 0.247 e. The van der Waals surface area contributed by atoms with Crippen molar-refractivity contribution < 1.29 is 9.53 Å². The van der Waals surface area contributed by atoms with Gasteiger partial charge in [-0.2, -0.15) is 0 Å². The number of aromatic nitrogens is 4. The highest BCUT2D eigenvalue weighted by atomic mass is 16.5. The number of nitrogens with one attached hydrogen (secondary N) is 1. The minimum absolute atomic E-state index is 0.276. The minimum Gasteiger partial charge on any atom is -0.457 e. The molecule has 0 saturated heterocycles. The molecular formula is C26H20N6O2. The molecule has 3 N–H and O–H groups in total. The summed E-state index contributed by atoms with van der Waals surface area (Å²) in [4.78, 5) is 15.7. The van der Waals surface area contributed by atoms with Gasteiger partial charge in [0.05, 0.1) is 0 Å². The molecule has 1 amide bonds. The highest BCUT2D eigenvalue weighted by Crippen LogP contribution is 2.37. The number of para-hydroxylation sites is 1. The summed E-state index contributed by atoms with van der Waals surface area (Å²) in [5, 5.41) is 11.6. The zero-order valence-electron chi connectivity index (χ0n) is 18.1. The molecule has 0 fully saturated rings. The number of amides is 1. The molecule has 166 valence electrons. The van der Waals surface area contributed by atoms with Crippen LogP contribution in [0.4, 0.5) is 11.5 Å². The molecular weight excluding hydrogens is 428 g/mol. The quantitative estimate of drug-likeness (QED) is 0.356. The Labute approximate surface area is 195 Å². The number of hydrogen-bond donors (Lipinski definition) is 2. The van der Waals surface area contributed by atoms with E-state index in [1.807, 2.05) is 66.7 Å². The van der Waals surface area contributed by atoms with E-state index in [1.165, 1.54) is 17.0 Å². The first-order chi connectivity index (χ1) is 16.6. The van der Waals surface area contributed by atoms with E-state index in [-0.39, 0.29) is 5.91 Å². The van der Waals surface area contributed by atoms with Crippen molar-refractivity contribution in [3.63, 3.8) is 0 Å². The van der Waals surface area contributed by atoms with Gasteiger partial charge in [-0.3, -0.25) is 4.79 Å². The molecule has 5 aromatic rings. The van der Waals surface area contributed by atoms with E-state index in [2.05, 4.69) is 27.1 Å². The highest BCUT2D eigenvalue weighted by molar-refractivity contribution is 5.99. The maximum atomic E-state index is 11.6. The van der Waals surface area contributed by atoms with E-state index in [4.69, 9.17) is 10.5 Å². The number of ether oxygens (including phenoxy) is 1. The summed E-state index contributed by atoms with van der Waals surface area (Å²) in [6, 6.07) is 24.6. The third-order valence-electron chi connectivity index (χ3n) is 5.20. The molecule has 0 bridgehead atoms. The summed E-state index contributed by atoms with van der Waals surface area (Å²) in [5.74, 6) is 1.51. The van der Waals surface area contributed by atoms with Crippen LogP contribution >= 0.6 is 0 Å². The van der Waals surface area contributed by atoms with Crippen LogP contribution in [-0.4, -0.2) is 25.7 Å². The summed E-state index contributed by atoms with van der Waals surface area (Å²) in [7, 11) is 0. The molecule has 3 aromatic carbocycles. The molecule has 8 heteroatoms. The van der Waals surface area contributed by atoms with Gasteiger partial charge in [0, 0.05) is 16.8 Å². The molecule has 0 atom stereocenters. The van der Waals surface area contributed by atoms with Crippen molar-refractivity contribution in [1.82, 2.24) is 19.8 Å². The summed E-state index contributed by atoms with van der Waals surface area (Å²) in [6.07, 6.45) is 2.59. The number of nitrogen functional groups attached to an aromatic ring is 1. The number of anilines is 2. The predicted molar refractivity (Wildman–Crippen MR) is 131 cm³/mol. The standard InChI is InChI=1S/C26H20N6O2/c1-2-22(33)30-19-12-8-18(9-13-19)24-23(25-26(27)28-16-29-32(25)31-24)17-10-14-21(15-11-17)34-20-6-4-3-5-7-20/h2-16H,1H2,(H,30,33)(H2,27,28,29). The van der Waals surface area contributed by atoms with Gasteiger partial charge in [0.2, 0.25) is 5.91 Å². The van der Waals surface area contributed by atoms with Crippen molar-refractivity contribution in [3.05, 3.63) is 97.8 Å². The lowest BCUT2D eigenvalue weighted by Gasteiger charge is -2.08. The Kier molecular flexibility index (Phi) is 5.45. The fraction of sp³-hybridized carbons (Fsp3) is 0. The second kappa shape index (κ2) is 8.87. The molecule has 0 aliphatic carbocycles. The Morgan fingerprint density at radius 3 is 2.32 bits per heavy atom. The van der Waals surface area contributed by atoms with Gasteiger partial charge in [0.25, 0.3) is 0 Å². The number of carbonyl (C=O) groups is 1. The van der Waals surface area contributed by atoms with E-state index >= 15 is 0 Å². The molecule has 0 aliphatic rings. The SMILES string of the molecule is C=CC(=O)Nc1ccc(-c2nn3ncnc(N)c3c2-c2ccc(Oc3ccccc3)cc2)cc1. The summed E-state index contributed by atoms with van der Waals surface area (Å²) in [5.41, 5.74) is 10.7. The lowest BCUT2D eigenvalue weighted by Crippen LogP contribution is -2.06. The monoisotopic (exact) mass is 448 g/mol. The Balaban J connectivity index is 1.56. The third kappa shape index (κ3) is 4.07. The first-order valence-corrected chi connectivity index (χ1v) is 10.5. The average molecular weight is 448 g/mol. The lowest BCUT2D eigenvalue weighted by molar-refractivity contribution is -0.111. The second-order valence-electron chi connectivity index (χ2n) is 7.42. The van der Waals surface area contributed by atoms with Gasteiger partial charge in [-0.05, 0) is 48.0 Å². The number of carbonyl (C=O) groups excluding carboxylic acids is 1. The van der Waals surface area contributed by atoms with Gasteiger partial charge in [-0.1, -0.05) is 49.0 Å². The van der Waals surface area contributed by atoms with Gasteiger partial charge in [0.1, 0.15) is 29.0 Å². The zero-order chi connectivity index (χ0) is 23.5. The number of nitrogens with two attached hydrogens (primary N) is 1. The Morgan fingerprint density at radius 1 is 0.941 bits per heavy atom. The second-order valence-corrected chi connectivity index (χ2v) is 7.42. The molecule has 34 heavy (non-hydrogen) atoms. The van der Waals surface area contributed by atoms with Crippen LogP contribution in [0.2, 0.25) is 0 Å². The lowest BCUT2D eigenvalue weighted by atomic mass is 9.99. The average Bonchev–Trinajstić information content (AvgIpc) is 3.26. The van der Waals surface area contributed by atoms with Crippen molar-refractivity contribution in [2.75, 3.05) is 11.1 Å². The topological polar surface area (TPSA) is 107 Å². The highest BCUT2D eigenvalue weighted by Gasteiger charge is 2.20. The molecule has 0 unspecified atom stereocenters. The number of nitrogens with zero attached hydrogens (tertiary/aromatic N) is 4. The van der Waals surface area contributed by atoms with Crippen molar-refractivity contribution in [2.24, 2.45) is 0 Å². The molecule has 0 aliphatic heterocycles. The first-order valence-electron chi connectivity index (χ1n) is 10.5. The van der Waals surface area contributed by atoms with Crippen LogP contribution in [-0.2, 0) is 4.79 Å². The maximum absolute atomic E-state index is 11.6. The largest absolute Gasteiger partial charge is 0.457 e.